The van der Waals surface area contributed by atoms with E-state index < -0.39 is 103 Å². The zero-order valence-electron chi connectivity index (χ0n) is 38.9. The Morgan fingerprint density at radius 2 is 1.34 bits per heavy atom. The van der Waals surface area contributed by atoms with Crippen molar-refractivity contribution in [2.24, 2.45) is 45.3 Å². The Kier molecular flexibility index (Phi) is 13.5. The van der Waals surface area contributed by atoms with Crippen molar-refractivity contribution in [1.82, 2.24) is 0 Å². The molecule has 4 saturated heterocycles. The largest absolute Gasteiger partial charge is 0.388 e. The maximum Gasteiger partial charge on any atom is 0.187 e. The van der Waals surface area contributed by atoms with Crippen molar-refractivity contribution in [3.05, 3.63) is 11.6 Å². The zero-order chi connectivity index (χ0) is 46.6. The number of hydrogen-bond acceptors (Lipinski definition) is 17. The van der Waals surface area contributed by atoms with Crippen LogP contribution in [0.3, 0.4) is 0 Å². The fraction of sp³-hybridized carbons (Fsp3) is 0.936. The molecule has 0 bridgehead atoms. The van der Waals surface area contributed by atoms with Crippen molar-refractivity contribution in [2.75, 3.05) is 20.3 Å². The molecular formula is C47H76O17. The van der Waals surface area contributed by atoms with Gasteiger partial charge in [0.2, 0.25) is 0 Å². The van der Waals surface area contributed by atoms with Crippen LogP contribution in [0, 0.1) is 45.3 Å². The van der Waals surface area contributed by atoms with E-state index in [1.54, 1.807) is 7.11 Å². The van der Waals surface area contributed by atoms with Gasteiger partial charge in [-0.05, 0) is 92.8 Å². The fourth-order valence-corrected chi connectivity index (χ4v) is 14.7. The van der Waals surface area contributed by atoms with Crippen LogP contribution in [0.4, 0.5) is 0 Å². The van der Waals surface area contributed by atoms with Crippen LogP contribution in [0.2, 0.25) is 0 Å². The van der Waals surface area contributed by atoms with E-state index in [0.29, 0.717) is 25.7 Å². The number of carbonyl (C=O) groups is 1. The monoisotopic (exact) mass is 913 g/mol. The number of ketones is 1. The minimum absolute atomic E-state index is 0.0667. The van der Waals surface area contributed by atoms with Gasteiger partial charge >= 0.3 is 0 Å². The van der Waals surface area contributed by atoms with Crippen molar-refractivity contribution in [3.63, 3.8) is 0 Å². The third-order valence-electron chi connectivity index (χ3n) is 18.3. The number of hydrogen-bond donors (Lipinski definition) is 8. The molecule has 8 fully saturated rings. The van der Waals surface area contributed by atoms with Crippen LogP contribution in [0.5, 0.6) is 0 Å². The van der Waals surface area contributed by atoms with Crippen molar-refractivity contribution in [2.45, 2.75) is 211 Å². The summed E-state index contributed by atoms with van der Waals surface area (Å²) in [6.45, 7) is 16.3. The molecule has 17 nitrogen and oxygen atoms in total. The summed E-state index contributed by atoms with van der Waals surface area (Å²) in [7, 11) is 1.56. The van der Waals surface area contributed by atoms with Crippen LogP contribution in [0.1, 0.15) is 107 Å². The second kappa shape index (κ2) is 17.6. The zero-order valence-corrected chi connectivity index (χ0v) is 38.9. The van der Waals surface area contributed by atoms with Crippen LogP contribution in [0.25, 0.3) is 0 Å². The summed E-state index contributed by atoms with van der Waals surface area (Å²) in [4.78, 5) is 14.9. The van der Waals surface area contributed by atoms with Crippen LogP contribution >= 0.6 is 0 Å². The molecule has 7 unspecified atom stereocenters. The first-order valence-corrected chi connectivity index (χ1v) is 23.6. The van der Waals surface area contributed by atoms with Crippen molar-refractivity contribution in [3.8, 4) is 0 Å². The Bertz CT molecular complexity index is 1730. The second-order valence-corrected chi connectivity index (χ2v) is 22.3. The molecule has 8 rings (SSSR count). The van der Waals surface area contributed by atoms with E-state index in [-0.39, 0.29) is 65.0 Å². The highest BCUT2D eigenvalue weighted by molar-refractivity contribution is 5.84. The van der Waals surface area contributed by atoms with E-state index >= 15 is 0 Å². The molecule has 4 heterocycles. The van der Waals surface area contributed by atoms with Gasteiger partial charge in [-0.3, -0.25) is 4.79 Å². The number of ether oxygens (including phenoxy) is 8. The van der Waals surface area contributed by atoms with Gasteiger partial charge in [-0.2, -0.15) is 0 Å². The Morgan fingerprint density at radius 3 is 2.03 bits per heavy atom. The summed E-state index contributed by atoms with van der Waals surface area (Å²) in [5.41, 5.74) is -1.53. The summed E-state index contributed by atoms with van der Waals surface area (Å²) in [6, 6.07) is 0. The first-order chi connectivity index (χ1) is 29.9. The van der Waals surface area contributed by atoms with E-state index in [4.69, 9.17) is 37.9 Å². The predicted octanol–water partition coefficient (Wildman–Crippen LogP) is 1.45. The molecule has 0 amide bonds. The van der Waals surface area contributed by atoms with Crippen molar-refractivity contribution < 1.29 is 83.5 Å². The first kappa shape index (κ1) is 49.2. The number of allylic oxidation sites excluding steroid dienone is 1. The third kappa shape index (κ3) is 7.81. The third-order valence-corrected chi connectivity index (χ3v) is 18.3. The molecule has 64 heavy (non-hydrogen) atoms. The van der Waals surface area contributed by atoms with Gasteiger partial charge in [0.25, 0.3) is 0 Å². The number of Topliss-reactive ketones (excluding diaryl/α,β-unsaturated/α-hetero) is 1. The van der Waals surface area contributed by atoms with Gasteiger partial charge in [-0.15, -0.1) is 0 Å². The maximum absolute atomic E-state index is 14.9. The molecule has 0 spiro atoms. The standard InChI is InChI=1S/C47H76O17/c1-21(2)16-23-18-47(56,42(57-9)61-23)24-10-14-46(8)31(24)25(48)17-29-44(6)13-12-30(43(4,5)28(44)11-15-45(29,46)7)62-41-38(64-40-36(55)34(53)32(51)22(3)60-40)37(27(50)20-59-41)63-39-35(54)33(52)26(49)19-58-39/h16,22-24,26-42,49-56H,10-15,17-20H2,1-9H3/t22?,23-,24+,26-,27+,28?,29?,30+,31?,32+,33+,34+,35+,36-,37-,38+,39+,40+,41?,42?,44+,45-,46-,47?/m1/s1. The van der Waals surface area contributed by atoms with Crippen LogP contribution in [-0.2, 0) is 42.7 Å². The van der Waals surface area contributed by atoms with Crippen LogP contribution in [0.15, 0.2) is 11.6 Å². The number of aliphatic hydroxyl groups excluding tert-OH is 7. The summed E-state index contributed by atoms with van der Waals surface area (Å²) >= 11 is 0. The molecular weight excluding hydrogens is 836 g/mol. The minimum atomic E-state index is -1.71. The van der Waals surface area contributed by atoms with Gasteiger partial charge in [-0.25, -0.2) is 0 Å². The highest BCUT2D eigenvalue weighted by Gasteiger charge is 2.73. The summed E-state index contributed by atoms with van der Waals surface area (Å²) < 4.78 is 48.9. The molecule has 0 radical (unpaired) electrons. The summed E-state index contributed by atoms with van der Waals surface area (Å²) in [5.74, 6) is -0.258. The fourth-order valence-electron chi connectivity index (χ4n) is 14.7. The van der Waals surface area contributed by atoms with E-state index in [0.717, 1.165) is 31.3 Å². The van der Waals surface area contributed by atoms with Gasteiger partial charge in [0.1, 0.15) is 66.3 Å². The van der Waals surface area contributed by atoms with Gasteiger partial charge in [0, 0.05) is 31.8 Å². The lowest BCUT2D eigenvalue weighted by molar-refractivity contribution is -0.383. The highest BCUT2D eigenvalue weighted by Crippen LogP contribution is 2.75. The smallest absolute Gasteiger partial charge is 0.187 e. The number of rotatable bonds is 9. The molecule has 4 saturated carbocycles. The summed E-state index contributed by atoms with van der Waals surface area (Å²) in [5, 5.41) is 87.3. The van der Waals surface area contributed by atoms with E-state index in [1.807, 2.05) is 19.9 Å². The number of fused-ring (bicyclic) bond motifs is 5. The molecule has 24 atom stereocenters. The maximum atomic E-state index is 14.9. The Morgan fingerprint density at radius 1 is 0.703 bits per heavy atom. The molecule has 0 aromatic rings. The van der Waals surface area contributed by atoms with E-state index in [9.17, 15) is 45.6 Å². The number of methoxy groups -OCH3 is 1. The van der Waals surface area contributed by atoms with Gasteiger partial charge in [0.15, 0.2) is 25.2 Å². The van der Waals surface area contributed by atoms with Crippen molar-refractivity contribution >= 4 is 5.78 Å². The average Bonchev–Trinajstić information content (AvgIpc) is 3.77. The van der Waals surface area contributed by atoms with Crippen LogP contribution in [-0.4, -0.2) is 171 Å². The molecule has 8 aliphatic rings. The van der Waals surface area contributed by atoms with Gasteiger partial charge in [0.05, 0.1) is 31.5 Å². The lowest BCUT2D eigenvalue weighted by atomic mass is 9.35. The van der Waals surface area contributed by atoms with Gasteiger partial charge in [-0.1, -0.05) is 46.3 Å². The second-order valence-electron chi connectivity index (χ2n) is 22.3. The topological polar surface area (TPSA) is 253 Å². The number of carbonyl (C=O) groups excluding carboxylic acids is 1. The molecule has 366 valence electrons. The molecule has 4 aliphatic carbocycles. The molecule has 4 aliphatic heterocycles. The molecule has 8 N–H and O–H groups in total. The SMILES string of the molecule is COC1O[C@H](C=C(C)C)CC1(O)[C@H]1CC[C@]2(C)C1C(=O)CC1[C@@]3(C)CC[C@H](OC4OC[C@H](O)[C@@H](O[C@@H]5OC[C@@H](O)[C@H](O)[C@@H]5O)[C@@H]4O[C@@H]4OC(C)[C@H](O)[C@H](O)[C@H]4O)C(C)(C)C3CC[C@]12C. The van der Waals surface area contributed by atoms with E-state index in [1.165, 1.54) is 6.92 Å². The molecule has 17 heteroatoms. The highest BCUT2D eigenvalue weighted by atomic mass is 16.8. The molecule has 0 aromatic carbocycles. The molecule has 0 aromatic heterocycles. The Balaban J connectivity index is 1.04. The minimum Gasteiger partial charge on any atom is -0.388 e. The van der Waals surface area contributed by atoms with Crippen molar-refractivity contribution in [1.29, 1.82) is 0 Å². The Labute approximate surface area is 376 Å². The van der Waals surface area contributed by atoms with Crippen LogP contribution < -0.4 is 0 Å². The quantitative estimate of drug-likeness (QED) is 0.120. The first-order valence-electron chi connectivity index (χ1n) is 23.6. The van der Waals surface area contributed by atoms with Gasteiger partial charge < -0.3 is 78.7 Å². The summed E-state index contributed by atoms with van der Waals surface area (Å²) in [6.07, 6.45) is -12.9. The normalized spacial score (nSPS) is 55.0. The Hall–Kier alpha value is -1.23. The lowest BCUT2D eigenvalue weighted by Crippen LogP contribution is -2.67. The lowest BCUT2D eigenvalue weighted by Gasteiger charge is -2.69. The predicted molar refractivity (Wildman–Crippen MR) is 225 cm³/mol. The van der Waals surface area contributed by atoms with E-state index in [2.05, 4.69) is 34.6 Å². The number of aliphatic hydroxyl groups is 8. The average molecular weight is 913 g/mol.